The van der Waals surface area contributed by atoms with Gasteiger partial charge in [0.1, 0.15) is 0 Å². The van der Waals surface area contributed by atoms with E-state index in [9.17, 15) is 4.79 Å². The van der Waals surface area contributed by atoms with E-state index in [4.69, 9.17) is 27.9 Å². The summed E-state index contributed by atoms with van der Waals surface area (Å²) in [6, 6.07) is 12.1. The number of esters is 1. The minimum Gasteiger partial charge on any atom is -0.465 e. The summed E-state index contributed by atoms with van der Waals surface area (Å²) in [4.78, 5) is 14.3. The maximum atomic E-state index is 12.0. The zero-order chi connectivity index (χ0) is 15.7. The van der Waals surface area contributed by atoms with E-state index in [0.717, 1.165) is 24.2 Å². The Morgan fingerprint density at radius 1 is 1.23 bits per heavy atom. The fourth-order valence-corrected chi connectivity index (χ4v) is 3.30. The number of nitrogens with zero attached hydrogens (tertiary/aromatic N) is 1. The van der Waals surface area contributed by atoms with Gasteiger partial charge in [-0.2, -0.15) is 0 Å². The molecule has 5 heteroatoms. The molecule has 0 unspecified atom stereocenters. The average molecular weight is 336 g/mol. The number of hydrogen-bond acceptors (Lipinski definition) is 3. The average Bonchev–Trinajstić information content (AvgIpc) is 2.90. The number of benzene rings is 2. The molecule has 0 bridgehead atoms. The summed E-state index contributed by atoms with van der Waals surface area (Å²) < 4.78 is 4.85. The largest absolute Gasteiger partial charge is 0.465 e. The van der Waals surface area contributed by atoms with Gasteiger partial charge < -0.3 is 4.74 Å². The molecule has 0 saturated heterocycles. The lowest BCUT2D eigenvalue weighted by molar-refractivity contribution is 0.0599. The number of ether oxygens (including phenoxy) is 1. The molecule has 114 valence electrons. The minimum atomic E-state index is -0.440. The van der Waals surface area contributed by atoms with Gasteiger partial charge in [-0.05, 0) is 22.8 Å². The van der Waals surface area contributed by atoms with Crippen molar-refractivity contribution in [2.45, 2.75) is 19.6 Å². The van der Waals surface area contributed by atoms with Crippen molar-refractivity contribution in [3.05, 3.63) is 68.7 Å². The summed E-state index contributed by atoms with van der Waals surface area (Å²) in [5.41, 5.74) is 3.57. The van der Waals surface area contributed by atoms with E-state index in [1.54, 1.807) is 0 Å². The zero-order valence-corrected chi connectivity index (χ0v) is 13.6. The lowest BCUT2D eigenvalue weighted by atomic mass is 10.0. The number of carbonyl (C=O) groups excluding carboxylic acids is 1. The predicted octanol–water partition coefficient (Wildman–Crippen LogP) is 4.30. The quantitative estimate of drug-likeness (QED) is 0.783. The minimum absolute atomic E-state index is 0.272. The maximum absolute atomic E-state index is 12.0. The molecule has 0 fully saturated rings. The predicted molar refractivity (Wildman–Crippen MR) is 87.2 cm³/mol. The van der Waals surface area contributed by atoms with Crippen LogP contribution in [0.4, 0.5) is 0 Å². The van der Waals surface area contributed by atoms with E-state index in [1.165, 1.54) is 12.7 Å². The molecule has 0 N–H and O–H groups in total. The monoisotopic (exact) mass is 335 g/mol. The molecule has 0 amide bonds. The van der Waals surface area contributed by atoms with Gasteiger partial charge in [0.25, 0.3) is 0 Å². The highest BCUT2D eigenvalue weighted by Gasteiger charge is 2.28. The van der Waals surface area contributed by atoms with E-state index in [-0.39, 0.29) is 5.02 Å². The second kappa shape index (κ2) is 6.29. The molecule has 0 saturated carbocycles. The van der Waals surface area contributed by atoms with Gasteiger partial charge in [-0.1, -0.05) is 53.5 Å². The second-order valence-corrected chi connectivity index (χ2v) is 6.09. The first-order valence-electron chi connectivity index (χ1n) is 6.94. The molecule has 0 aromatic heterocycles. The van der Waals surface area contributed by atoms with Crippen LogP contribution >= 0.6 is 23.2 Å². The molecule has 1 heterocycles. The molecule has 0 atom stereocenters. The van der Waals surface area contributed by atoms with Crippen molar-refractivity contribution < 1.29 is 9.53 Å². The molecule has 0 radical (unpaired) electrons. The fourth-order valence-electron chi connectivity index (χ4n) is 2.83. The first kappa shape index (κ1) is 15.3. The van der Waals surface area contributed by atoms with Crippen LogP contribution in [0.5, 0.6) is 0 Å². The third-order valence-electron chi connectivity index (χ3n) is 3.83. The van der Waals surface area contributed by atoms with E-state index in [0.29, 0.717) is 17.1 Å². The number of fused-ring (bicyclic) bond motifs is 1. The molecule has 0 aliphatic carbocycles. The smallest absolute Gasteiger partial charge is 0.339 e. The Labute approximate surface area is 139 Å². The van der Waals surface area contributed by atoms with Gasteiger partial charge in [0.15, 0.2) is 0 Å². The normalized spacial score (nSPS) is 14.0. The molecule has 2 aromatic rings. The Morgan fingerprint density at radius 2 is 1.95 bits per heavy atom. The van der Waals surface area contributed by atoms with Crippen LogP contribution in [0.3, 0.4) is 0 Å². The molecule has 1 aliphatic heterocycles. The van der Waals surface area contributed by atoms with Crippen molar-refractivity contribution in [3.8, 4) is 0 Å². The van der Waals surface area contributed by atoms with Crippen LogP contribution in [0.25, 0.3) is 0 Å². The molecule has 3 nitrogen and oxygen atoms in total. The van der Waals surface area contributed by atoms with Crippen molar-refractivity contribution in [2.24, 2.45) is 0 Å². The number of methoxy groups -OCH3 is 1. The van der Waals surface area contributed by atoms with Crippen LogP contribution in [0.2, 0.25) is 10.0 Å². The molecule has 1 aliphatic rings. The van der Waals surface area contributed by atoms with Crippen molar-refractivity contribution in [2.75, 3.05) is 7.11 Å². The third kappa shape index (κ3) is 2.84. The Bertz CT molecular complexity index is 716. The van der Waals surface area contributed by atoms with Gasteiger partial charge in [-0.15, -0.1) is 0 Å². The standard InChI is InChI=1S/C17H15Cl2NO2/c1-22-17(21)15-13-10-20(8-11-5-3-2-4-6-11)9-12(13)7-14(18)16(15)19/h2-7H,8-10H2,1H3. The Morgan fingerprint density at radius 3 is 2.64 bits per heavy atom. The Kier molecular flexibility index (Phi) is 4.39. The van der Waals surface area contributed by atoms with E-state index in [1.807, 2.05) is 24.3 Å². The molecule has 22 heavy (non-hydrogen) atoms. The number of carbonyl (C=O) groups is 1. The zero-order valence-electron chi connectivity index (χ0n) is 12.1. The fraction of sp³-hybridized carbons (Fsp3) is 0.235. The van der Waals surface area contributed by atoms with E-state index < -0.39 is 5.97 Å². The van der Waals surface area contributed by atoms with Gasteiger partial charge in [0, 0.05) is 19.6 Å². The van der Waals surface area contributed by atoms with Crippen LogP contribution in [0.1, 0.15) is 27.0 Å². The Balaban J connectivity index is 1.91. The van der Waals surface area contributed by atoms with Crippen molar-refractivity contribution in [3.63, 3.8) is 0 Å². The third-order valence-corrected chi connectivity index (χ3v) is 4.62. The van der Waals surface area contributed by atoms with Gasteiger partial charge in [0.05, 0.1) is 22.7 Å². The van der Waals surface area contributed by atoms with Crippen molar-refractivity contribution in [1.29, 1.82) is 0 Å². The first-order chi connectivity index (χ1) is 10.6. The van der Waals surface area contributed by atoms with Crippen molar-refractivity contribution >= 4 is 29.2 Å². The lowest BCUT2D eigenvalue weighted by Crippen LogP contribution is -2.16. The number of hydrogen-bond donors (Lipinski definition) is 0. The Hall–Kier alpha value is -1.55. The topological polar surface area (TPSA) is 29.5 Å². The highest BCUT2D eigenvalue weighted by Crippen LogP contribution is 2.37. The number of rotatable bonds is 3. The first-order valence-corrected chi connectivity index (χ1v) is 7.70. The molecule has 0 spiro atoms. The SMILES string of the molecule is COC(=O)c1c(Cl)c(Cl)cc2c1CN(Cc1ccccc1)C2. The molecule has 2 aromatic carbocycles. The highest BCUT2D eigenvalue weighted by atomic mass is 35.5. The van der Waals surface area contributed by atoms with Crippen LogP contribution in [-0.2, 0) is 24.4 Å². The maximum Gasteiger partial charge on any atom is 0.339 e. The summed E-state index contributed by atoms with van der Waals surface area (Å²) >= 11 is 12.4. The van der Waals surface area contributed by atoms with Gasteiger partial charge in [0.2, 0.25) is 0 Å². The highest BCUT2D eigenvalue weighted by molar-refractivity contribution is 6.44. The summed E-state index contributed by atoms with van der Waals surface area (Å²) in [5.74, 6) is -0.440. The van der Waals surface area contributed by atoms with E-state index in [2.05, 4.69) is 17.0 Å². The second-order valence-electron chi connectivity index (χ2n) is 5.31. The van der Waals surface area contributed by atoms with Gasteiger partial charge in [-0.25, -0.2) is 4.79 Å². The van der Waals surface area contributed by atoms with Crippen LogP contribution in [0.15, 0.2) is 36.4 Å². The van der Waals surface area contributed by atoms with Crippen molar-refractivity contribution in [1.82, 2.24) is 4.90 Å². The molecular weight excluding hydrogens is 321 g/mol. The summed E-state index contributed by atoms with van der Waals surface area (Å²) in [6.45, 7) is 2.21. The van der Waals surface area contributed by atoms with Gasteiger partial charge >= 0.3 is 5.97 Å². The van der Waals surface area contributed by atoms with Crippen LogP contribution in [-0.4, -0.2) is 18.0 Å². The number of halogens is 2. The summed E-state index contributed by atoms with van der Waals surface area (Å²) in [5, 5.41) is 0.663. The van der Waals surface area contributed by atoms with Gasteiger partial charge in [-0.3, -0.25) is 4.90 Å². The lowest BCUT2D eigenvalue weighted by Gasteiger charge is -2.14. The van der Waals surface area contributed by atoms with Crippen LogP contribution in [0, 0.1) is 0 Å². The summed E-state index contributed by atoms with van der Waals surface area (Å²) in [6.07, 6.45) is 0. The molecular formula is C17H15Cl2NO2. The van der Waals surface area contributed by atoms with Crippen LogP contribution < -0.4 is 0 Å². The summed E-state index contributed by atoms with van der Waals surface area (Å²) in [7, 11) is 1.35. The molecule has 3 rings (SSSR count). The van der Waals surface area contributed by atoms with E-state index >= 15 is 0 Å².